The fourth-order valence-corrected chi connectivity index (χ4v) is 1.10. The fraction of sp³-hybridized carbons (Fsp3) is 0.750. The van der Waals surface area contributed by atoms with Crippen molar-refractivity contribution in [2.45, 2.75) is 0 Å². The van der Waals surface area contributed by atoms with Crippen LogP contribution < -0.4 is 0 Å². The van der Waals surface area contributed by atoms with Crippen molar-refractivity contribution in [3.05, 3.63) is 5.41 Å². The third-order valence-corrected chi connectivity index (χ3v) is 1.20. The van der Waals surface area contributed by atoms with E-state index in [0.717, 1.165) is 10.4 Å². The van der Waals surface area contributed by atoms with Crippen molar-refractivity contribution in [1.82, 2.24) is 4.90 Å². The number of isocyanates is 1. The van der Waals surface area contributed by atoms with Gasteiger partial charge >= 0.3 is 0 Å². The summed E-state index contributed by atoms with van der Waals surface area (Å²) < 4.78 is 0.767. The molecule has 0 radical (unpaired) electrons. The lowest BCUT2D eigenvalue weighted by Crippen LogP contribution is -2.48. The van der Waals surface area contributed by atoms with Crippen molar-refractivity contribution in [1.29, 1.82) is 0 Å². The van der Waals surface area contributed by atoms with Gasteiger partial charge in [0.15, 0.2) is 0 Å². The van der Waals surface area contributed by atoms with Crippen LogP contribution in [0.5, 0.6) is 0 Å². The highest BCUT2D eigenvalue weighted by atomic mass is 16.1. The van der Waals surface area contributed by atoms with Gasteiger partial charge < -0.3 is 10.3 Å². The van der Waals surface area contributed by atoms with E-state index in [2.05, 4.69) is 26.1 Å². The number of hydrogen-bond donors (Lipinski definition) is 0. The summed E-state index contributed by atoms with van der Waals surface area (Å²) in [6, 6.07) is 0. The van der Waals surface area contributed by atoms with Crippen LogP contribution in [-0.2, 0) is 4.79 Å². The Morgan fingerprint density at radius 2 is 1.69 bits per heavy atom. The van der Waals surface area contributed by atoms with E-state index in [-0.39, 0.29) is 0 Å². The maximum atomic E-state index is 8.24. The van der Waals surface area contributed by atoms with Crippen LogP contribution in [0.25, 0.3) is 5.41 Å². The SMILES string of the molecule is CN=C(N(C)C)[N+](C)(C)C.[N-]=C=O. The lowest BCUT2D eigenvalue weighted by molar-refractivity contribution is -0.782. The molecule has 0 aromatic heterocycles. The molecule has 5 heteroatoms. The van der Waals surface area contributed by atoms with Gasteiger partial charge in [-0.1, -0.05) is 0 Å². The van der Waals surface area contributed by atoms with Gasteiger partial charge in [-0.25, -0.2) is 4.99 Å². The molecule has 0 aromatic carbocycles. The second kappa shape index (κ2) is 6.34. The Balaban J connectivity index is 0. The summed E-state index contributed by atoms with van der Waals surface area (Å²) in [5, 5.41) is 6.76. The molecule has 0 aliphatic heterocycles. The maximum Gasteiger partial charge on any atom is 0.298 e. The van der Waals surface area contributed by atoms with Crippen LogP contribution in [0.2, 0.25) is 0 Å². The molecule has 0 aromatic rings. The highest BCUT2D eigenvalue weighted by Gasteiger charge is 2.18. The zero-order chi connectivity index (χ0) is 11.1. The minimum Gasteiger partial charge on any atom is -0.724 e. The van der Waals surface area contributed by atoms with E-state index < -0.39 is 0 Å². The van der Waals surface area contributed by atoms with Crippen molar-refractivity contribution in [2.24, 2.45) is 4.99 Å². The molecule has 0 amide bonds. The lowest BCUT2D eigenvalue weighted by atomic mass is 10.6. The molecule has 0 saturated carbocycles. The number of rotatable bonds is 0. The number of carbonyl (C=O) groups excluding carboxylic acids is 1. The average Bonchev–Trinajstić information content (AvgIpc) is 1.85. The summed E-state index contributed by atoms with van der Waals surface area (Å²) in [4.78, 5) is 14.4. The van der Waals surface area contributed by atoms with Crippen molar-refractivity contribution in [3.63, 3.8) is 0 Å². The van der Waals surface area contributed by atoms with Crippen LogP contribution in [0, 0.1) is 0 Å². The topological polar surface area (TPSA) is 55.0 Å². The van der Waals surface area contributed by atoms with Gasteiger partial charge in [-0.15, -0.1) is 0 Å². The molecule has 0 heterocycles. The van der Waals surface area contributed by atoms with E-state index in [4.69, 9.17) is 10.2 Å². The first kappa shape index (κ1) is 14.3. The number of nitrogens with zero attached hydrogens (tertiary/aromatic N) is 4. The zero-order valence-corrected chi connectivity index (χ0v) is 9.20. The van der Waals surface area contributed by atoms with Gasteiger partial charge in [0.05, 0.1) is 21.1 Å². The van der Waals surface area contributed by atoms with Crippen LogP contribution in [0.4, 0.5) is 0 Å². The van der Waals surface area contributed by atoms with Crippen LogP contribution in [-0.4, -0.2) is 63.7 Å². The Labute approximate surface area is 79.8 Å². The number of hydrogen-bond acceptors (Lipinski definition) is 2. The monoisotopic (exact) mass is 186 g/mol. The van der Waals surface area contributed by atoms with Crippen molar-refractivity contribution < 1.29 is 9.28 Å². The van der Waals surface area contributed by atoms with Crippen molar-refractivity contribution >= 4 is 12.0 Å². The normalized spacial score (nSPS) is 11.1. The molecule has 0 spiro atoms. The summed E-state index contributed by atoms with van der Waals surface area (Å²) in [6.45, 7) is 0. The van der Waals surface area contributed by atoms with E-state index in [1.54, 1.807) is 0 Å². The Bertz CT molecular complexity index is 197. The van der Waals surface area contributed by atoms with Gasteiger partial charge in [-0.2, -0.15) is 0 Å². The number of quaternary nitrogens is 1. The first-order valence-corrected chi connectivity index (χ1v) is 3.78. The highest BCUT2D eigenvalue weighted by molar-refractivity contribution is 5.72. The summed E-state index contributed by atoms with van der Waals surface area (Å²) in [6.07, 6.45) is 0.500. The predicted octanol–water partition coefficient (Wildman–Crippen LogP) is 0.132. The summed E-state index contributed by atoms with van der Waals surface area (Å²) >= 11 is 0. The lowest BCUT2D eigenvalue weighted by Gasteiger charge is -2.28. The first-order valence-electron chi connectivity index (χ1n) is 3.78. The van der Waals surface area contributed by atoms with Crippen LogP contribution >= 0.6 is 0 Å². The molecule has 0 saturated heterocycles. The van der Waals surface area contributed by atoms with Gasteiger partial charge in [-0.05, 0) is 6.08 Å². The van der Waals surface area contributed by atoms with Crippen LogP contribution in [0.3, 0.4) is 0 Å². The minimum absolute atomic E-state index is 0.500. The van der Waals surface area contributed by atoms with E-state index >= 15 is 0 Å². The molecule has 0 aliphatic rings. The molecule has 0 fully saturated rings. The molecule has 0 unspecified atom stereocenters. The van der Waals surface area contributed by atoms with Gasteiger partial charge in [0.2, 0.25) is 0 Å². The molecule has 76 valence electrons. The van der Waals surface area contributed by atoms with Crippen molar-refractivity contribution in [3.8, 4) is 0 Å². The van der Waals surface area contributed by atoms with Crippen LogP contribution in [0.1, 0.15) is 0 Å². The molecular formula is C8H18N4O. The summed E-state index contributed by atoms with van der Waals surface area (Å²) in [5.41, 5.74) is 0. The van der Waals surface area contributed by atoms with Gasteiger partial charge in [-0.3, -0.25) is 9.28 Å². The smallest absolute Gasteiger partial charge is 0.298 e. The molecule has 0 aliphatic carbocycles. The largest absolute Gasteiger partial charge is 0.724 e. The van der Waals surface area contributed by atoms with Gasteiger partial charge in [0.25, 0.3) is 5.96 Å². The average molecular weight is 186 g/mol. The predicted molar refractivity (Wildman–Crippen MR) is 54.1 cm³/mol. The Morgan fingerprint density at radius 3 is 1.69 bits per heavy atom. The van der Waals surface area contributed by atoms with Crippen LogP contribution in [0.15, 0.2) is 4.99 Å². The maximum absolute atomic E-state index is 8.24. The Morgan fingerprint density at radius 1 is 1.38 bits per heavy atom. The third-order valence-electron chi connectivity index (χ3n) is 1.20. The molecule has 0 rings (SSSR count). The second-order valence-electron chi connectivity index (χ2n) is 3.52. The highest BCUT2D eigenvalue weighted by Crippen LogP contribution is 1.96. The van der Waals surface area contributed by atoms with Gasteiger partial charge in [0.1, 0.15) is 0 Å². The first-order chi connectivity index (χ1) is 5.81. The zero-order valence-electron chi connectivity index (χ0n) is 9.20. The Hall–Kier alpha value is -1.19. The minimum atomic E-state index is 0.500. The third kappa shape index (κ3) is 7.18. The van der Waals surface area contributed by atoms with Crippen molar-refractivity contribution in [2.75, 3.05) is 42.3 Å². The quantitative estimate of drug-likeness (QED) is 0.234. The second-order valence-corrected chi connectivity index (χ2v) is 3.52. The standard InChI is InChI=1S/C7H18N3.CNO/c1-8-7(9(2)3)10(4,5)6;2-1-3/h1-6H3;/q+1;-1. The van der Waals surface area contributed by atoms with E-state index in [1.807, 2.05) is 26.0 Å². The Kier molecular flexibility index (Phi) is 6.99. The summed E-state index contributed by atoms with van der Waals surface area (Å²) in [5.74, 6) is 1.07. The van der Waals surface area contributed by atoms with E-state index in [0.29, 0.717) is 6.08 Å². The molecule has 0 bridgehead atoms. The van der Waals surface area contributed by atoms with E-state index in [1.165, 1.54) is 0 Å². The van der Waals surface area contributed by atoms with E-state index in [9.17, 15) is 0 Å². The number of aliphatic imine (C=N–C) groups is 1. The summed E-state index contributed by atoms with van der Waals surface area (Å²) in [7, 11) is 12.1. The number of guanidine groups is 1. The molecular weight excluding hydrogens is 168 g/mol. The van der Waals surface area contributed by atoms with Gasteiger partial charge in [0, 0.05) is 21.1 Å². The molecule has 0 atom stereocenters. The fourth-order valence-electron chi connectivity index (χ4n) is 1.10. The molecule has 13 heavy (non-hydrogen) atoms. The molecule has 5 nitrogen and oxygen atoms in total. The molecule has 0 N–H and O–H groups in total.